The summed E-state index contributed by atoms with van der Waals surface area (Å²) < 4.78 is 16.5. The molecule has 0 aliphatic heterocycles. The lowest BCUT2D eigenvalue weighted by atomic mass is 9.88. The van der Waals surface area contributed by atoms with E-state index in [0.29, 0.717) is 18.7 Å². The molecule has 2 atom stereocenters. The third kappa shape index (κ3) is 7.11. The summed E-state index contributed by atoms with van der Waals surface area (Å²) in [6, 6.07) is 20.5. The molecule has 1 amide bonds. The monoisotopic (exact) mass is 480 g/mol. The molecule has 0 aromatic heterocycles. The van der Waals surface area contributed by atoms with Gasteiger partial charge in [0.2, 0.25) is 6.41 Å². The molecule has 3 aromatic carbocycles. The van der Waals surface area contributed by atoms with Gasteiger partial charge in [-0.15, -0.1) is 0 Å². The second-order valence-electron chi connectivity index (χ2n) is 8.06. The molecule has 0 aliphatic rings. The molecule has 2 unspecified atom stereocenters. The molecule has 0 spiro atoms. The number of phenols is 1. The lowest BCUT2D eigenvalue weighted by Gasteiger charge is -2.25. The number of benzene rings is 3. The minimum atomic E-state index is -0.813. The van der Waals surface area contributed by atoms with E-state index < -0.39 is 12.3 Å². The summed E-state index contributed by atoms with van der Waals surface area (Å²) in [7, 11) is 3.28. The Labute approximate surface area is 205 Å². The van der Waals surface area contributed by atoms with Crippen LogP contribution in [0.3, 0.4) is 0 Å². The fourth-order valence-electron chi connectivity index (χ4n) is 3.79. The van der Waals surface area contributed by atoms with Crippen LogP contribution < -0.4 is 24.8 Å². The number of aromatic hydroxyl groups is 1. The van der Waals surface area contributed by atoms with E-state index in [1.165, 1.54) is 12.1 Å². The van der Waals surface area contributed by atoms with Gasteiger partial charge in [-0.2, -0.15) is 0 Å². The number of nitrogens with one attached hydrogen (secondary N) is 2. The maximum Gasteiger partial charge on any atom is 0.211 e. The Kier molecular flexibility index (Phi) is 9.34. The van der Waals surface area contributed by atoms with Crippen LogP contribution in [0.5, 0.6) is 23.0 Å². The van der Waals surface area contributed by atoms with Gasteiger partial charge < -0.3 is 29.7 Å². The maximum atomic E-state index is 10.7. The highest BCUT2D eigenvalue weighted by Gasteiger charge is 2.20. The van der Waals surface area contributed by atoms with Crippen LogP contribution in [0.2, 0.25) is 0 Å². The molecule has 0 aliphatic carbocycles. The standard InChI is InChI=1S/C27H32N2O6/c1-18(31)27(35-23-12-13-26(32)25(16-23)29-17-30)28-15-14-24(19-4-8-21(33-2)9-5-19)20-6-10-22(34-3)11-7-20/h4-13,16-18,24,27-28,31-32H,14-15H2,1-3H3,(H,29,30). The lowest BCUT2D eigenvalue weighted by Crippen LogP contribution is -2.43. The summed E-state index contributed by atoms with van der Waals surface area (Å²) in [6.45, 7) is 2.18. The van der Waals surface area contributed by atoms with Gasteiger partial charge in [0, 0.05) is 12.0 Å². The zero-order chi connectivity index (χ0) is 25.2. The number of ether oxygens (including phenoxy) is 3. The average Bonchev–Trinajstić information content (AvgIpc) is 2.88. The number of carbonyl (C=O) groups excluding carboxylic acids is 1. The van der Waals surface area contributed by atoms with E-state index in [-0.39, 0.29) is 17.4 Å². The van der Waals surface area contributed by atoms with Crippen LogP contribution in [0.25, 0.3) is 0 Å². The molecule has 8 nitrogen and oxygen atoms in total. The van der Waals surface area contributed by atoms with Crippen molar-refractivity contribution >= 4 is 12.1 Å². The zero-order valence-corrected chi connectivity index (χ0v) is 20.1. The topological polar surface area (TPSA) is 109 Å². The van der Waals surface area contributed by atoms with Crippen molar-refractivity contribution in [2.24, 2.45) is 0 Å². The Morgan fingerprint density at radius 1 is 0.886 bits per heavy atom. The summed E-state index contributed by atoms with van der Waals surface area (Å²) in [6.07, 6.45) is -0.303. The van der Waals surface area contributed by atoms with Crippen LogP contribution in [-0.4, -0.2) is 49.7 Å². The first-order valence-corrected chi connectivity index (χ1v) is 11.3. The number of phenolic OH excluding ortho intramolecular Hbond substituents is 1. The largest absolute Gasteiger partial charge is 0.506 e. The molecule has 0 saturated carbocycles. The van der Waals surface area contributed by atoms with Crippen LogP contribution in [0.1, 0.15) is 30.4 Å². The first kappa shape index (κ1) is 25.9. The third-order valence-corrected chi connectivity index (χ3v) is 5.70. The number of amides is 1. The van der Waals surface area contributed by atoms with Crippen molar-refractivity contribution in [2.45, 2.75) is 31.6 Å². The highest BCUT2D eigenvalue weighted by Crippen LogP contribution is 2.31. The van der Waals surface area contributed by atoms with E-state index in [1.807, 2.05) is 48.5 Å². The third-order valence-electron chi connectivity index (χ3n) is 5.70. The fraction of sp³-hybridized carbons (Fsp3) is 0.296. The molecule has 0 fully saturated rings. The van der Waals surface area contributed by atoms with Gasteiger partial charge in [0.1, 0.15) is 29.1 Å². The van der Waals surface area contributed by atoms with E-state index in [2.05, 4.69) is 10.6 Å². The first-order valence-electron chi connectivity index (χ1n) is 11.3. The molecule has 3 aromatic rings. The average molecular weight is 481 g/mol. The van der Waals surface area contributed by atoms with Gasteiger partial charge in [0.15, 0.2) is 6.23 Å². The lowest BCUT2D eigenvalue weighted by molar-refractivity contribution is -0.105. The fourth-order valence-corrected chi connectivity index (χ4v) is 3.79. The summed E-state index contributed by atoms with van der Waals surface area (Å²) in [5, 5.41) is 25.8. The SMILES string of the molecule is COc1ccc(C(CCNC(Oc2ccc(O)c(NC=O)c2)C(C)O)c2ccc(OC)cc2)cc1. The molecule has 0 saturated heterocycles. The van der Waals surface area contributed by atoms with E-state index in [4.69, 9.17) is 14.2 Å². The van der Waals surface area contributed by atoms with Gasteiger partial charge in [-0.25, -0.2) is 0 Å². The maximum absolute atomic E-state index is 10.7. The number of aliphatic hydroxyl groups is 1. The number of hydrogen-bond donors (Lipinski definition) is 4. The normalized spacial score (nSPS) is 12.6. The van der Waals surface area contributed by atoms with Crippen molar-refractivity contribution in [3.63, 3.8) is 0 Å². The van der Waals surface area contributed by atoms with Gasteiger partial charge in [-0.05, 0) is 67.4 Å². The zero-order valence-electron chi connectivity index (χ0n) is 20.1. The Bertz CT molecular complexity index is 1020. The molecule has 0 radical (unpaired) electrons. The highest BCUT2D eigenvalue weighted by atomic mass is 16.5. The number of methoxy groups -OCH3 is 2. The molecule has 4 N–H and O–H groups in total. The van der Waals surface area contributed by atoms with E-state index in [0.717, 1.165) is 29.0 Å². The van der Waals surface area contributed by atoms with Crippen molar-refractivity contribution in [3.8, 4) is 23.0 Å². The number of anilines is 1. The molecule has 0 bridgehead atoms. The van der Waals surface area contributed by atoms with Crippen LogP contribution >= 0.6 is 0 Å². The molecule has 186 valence electrons. The minimum absolute atomic E-state index is 0.0761. The molecular weight excluding hydrogens is 448 g/mol. The molecule has 0 heterocycles. The van der Waals surface area contributed by atoms with Crippen LogP contribution in [-0.2, 0) is 4.79 Å². The molecule has 3 rings (SSSR count). The molecular formula is C27H32N2O6. The molecule has 35 heavy (non-hydrogen) atoms. The Morgan fingerprint density at radius 2 is 1.43 bits per heavy atom. The van der Waals surface area contributed by atoms with E-state index in [1.54, 1.807) is 27.2 Å². The highest BCUT2D eigenvalue weighted by molar-refractivity contribution is 5.76. The van der Waals surface area contributed by atoms with Gasteiger partial charge in [-0.3, -0.25) is 10.1 Å². The number of aliphatic hydroxyl groups excluding tert-OH is 1. The van der Waals surface area contributed by atoms with Gasteiger partial charge in [0.05, 0.1) is 19.9 Å². The Hall–Kier alpha value is -3.75. The quantitative estimate of drug-likeness (QED) is 0.167. The predicted molar refractivity (Wildman–Crippen MR) is 134 cm³/mol. The van der Waals surface area contributed by atoms with Crippen molar-refractivity contribution in [1.82, 2.24) is 5.32 Å². The first-order chi connectivity index (χ1) is 16.9. The van der Waals surface area contributed by atoms with Crippen molar-refractivity contribution in [1.29, 1.82) is 0 Å². The number of rotatable bonds is 13. The summed E-state index contributed by atoms with van der Waals surface area (Å²) in [4.78, 5) is 10.7. The van der Waals surface area contributed by atoms with Crippen molar-refractivity contribution in [3.05, 3.63) is 77.9 Å². The molecule has 8 heteroatoms. The van der Waals surface area contributed by atoms with Crippen LogP contribution in [0.4, 0.5) is 5.69 Å². The van der Waals surface area contributed by atoms with E-state index in [9.17, 15) is 15.0 Å². The summed E-state index contributed by atoms with van der Waals surface area (Å²) in [5.41, 5.74) is 2.49. The second kappa shape index (κ2) is 12.6. The summed E-state index contributed by atoms with van der Waals surface area (Å²) >= 11 is 0. The van der Waals surface area contributed by atoms with Crippen molar-refractivity contribution in [2.75, 3.05) is 26.1 Å². The second-order valence-corrected chi connectivity index (χ2v) is 8.06. The van der Waals surface area contributed by atoms with E-state index >= 15 is 0 Å². The van der Waals surface area contributed by atoms with Gasteiger partial charge in [-0.1, -0.05) is 24.3 Å². The number of hydrogen-bond acceptors (Lipinski definition) is 7. The predicted octanol–water partition coefficient (Wildman–Crippen LogP) is 3.88. The van der Waals surface area contributed by atoms with Crippen molar-refractivity contribution < 1.29 is 29.2 Å². The number of carbonyl (C=O) groups is 1. The smallest absolute Gasteiger partial charge is 0.211 e. The minimum Gasteiger partial charge on any atom is -0.506 e. The Morgan fingerprint density at radius 3 is 1.91 bits per heavy atom. The summed E-state index contributed by atoms with van der Waals surface area (Å²) in [5.74, 6) is 1.99. The van der Waals surface area contributed by atoms with Gasteiger partial charge in [0.25, 0.3) is 0 Å². The van der Waals surface area contributed by atoms with Gasteiger partial charge >= 0.3 is 0 Å². The van der Waals surface area contributed by atoms with Crippen LogP contribution in [0, 0.1) is 0 Å². The Balaban J connectivity index is 1.73. The van der Waals surface area contributed by atoms with Crippen LogP contribution in [0.15, 0.2) is 66.7 Å².